The third kappa shape index (κ3) is 1.69. The first-order chi connectivity index (χ1) is 6.92. The lowest BCUT2D eigenvalue weighted by molar-refractivity contribution is 0.476. The molecule has 14 heavy (non-hydrogen) atoms. The minimum atomic E-state index is 0.332. The monoisotopic (exact) mass is 187 g/mol. The van der Waals surface area contributed by atoms with Crippen LogP contribution in [-0.2, 0) is 0 Å². The van der Waals surface area contributed by atoms with Crippen LogP contribution in [0.15, 0.2) is 47.3 Å². The number of benzene rings is 1. The van der Waals surface area contributed by atoms with Crippen molar-refractivity contribution in [1.82, 2.24) is 4.98 Å². The molecule has 0 saturated heterocycles. The predicted molar refractivity (Wildman–Crippen MR) is 55.1 cm³/mol. The summed E-state index contributed by atoms with van der Waals surface area (Å²) in [4.78, 5) is 3.95. The summed E-state index contributed by atoms with van der Waals surface area (Å²) in [6.45, 7) is 2.15. The highest BCUT2D eigenvalue weighted by Crippen LogP contribution is 2.26. The molecule has 0 amide bonds. The smallest absolute Gasteiger partial charge is 0.180 e. The summed E-state index contributed by atoms with van der Waals surface area (Å²) in [5.41, 5.74) is 1.28. The van der Waals surface area contributed by atoms with E-state index in [-0.39, 0.29) is 0 Å². The van der Waals surface area contributed by atoms with Gasteiger partial charge in [0.15, 0.2) is 6.39 Å². The van der Waals surface area contributed by atoms with Gasteiger partial charge in [0.25, 0.3) is 0 Å². The van der Waals surface area contributed by atoms with Crippen molar-refractivity contribution in [3.05, 3.63) is 54.2 Å². The molecule has 1 aromatic heterocycles. The van der Waals surface area contributed by atoms with Crippen LogP contribution in [0.2, 0.25) is 0 Å². The fourth-order valence-corrected chi connectivity index (χ4v) is 1.68. The highest BCUT2D eigenvalue weighted by molar-refractivity contribution is 5.25. The van der Waals surface area contributed by atoms with Gasteiger partial charge in [0.1, 0.15) is 5.76 Å². The molecule has 72 valence electrons. The van der Waals surface area contributed by atoms with Crippen molar-refractivity contribution in [2.45, 2.75) is 19.3 Å². The number of hydrogen-bond acceptors (Lipinski definition) is 2. The number of rotatable bonds is 3. The first-order valence-electron chi connectivity index (χ1n) is 4.85. The Morgan fingerprint density at radius 2 is 2.07 bits per heavy atom. The van der Waals surface area contributed by atoms with E-state index in [0.717, 1.165) is 12.2 Å². The van der Waals surface area contributed by atoms with E-state index < -0.39 is 0 Å². The van der Waals surface area contributed by atoms with E-state index in [9.17, 15) is 0 Å². The molecule has 1 atom stereocenters. The van der Waals surface area contributed by atoms with Gasteiger partial charge in [0, 0.05) is 5.92 Å². The van der Waals surface area contributed by atoms with E-state index in [0.29, 0.717) is 5.92 Å². The van der Waals surface area contributed by atoms with Gasteiger partial charge >= 0.3 is 0 Å². The van der Waals surface area contributed by atoms with Gasteiger partial charge in [-0.05, 0) is 12.0 Å². The molecule has 2 aromatic rings. The molecule has 0 fully saturated rings. The van der Waals surface area contributed by atoms with Crippen molar-refractivity contribution < 1.29 is 4.42 Å². The Labute approximate surface area is 83.6 Å². The summed E-state index contributed by atoms with van der Waals surface area (Å²) < 4.78 is 5.33. The molecule has 0 saturated carbocycles. The quantitative estimate of drug-likeness (QED) is 0.737. The first-order valence-corrected chi connectivity index (χ1v) is 4.85. The minimum absolute atomic E-state index is 0.332. The van der Waals surface area contributed by atoms with Gasteiger partial charge < -0.3 is 4.42 Å². The van der Waals surface area contributed by atoms with Gasteiger partial charge in [-0.3, -0.25) is 0 Å². The lowest BCUT2D eigenvalue weighted by Crippen LogP contribution is -1.97. The van der Waals surface area contributed by atoms with E-state index in [2.05, 4.69) is 24.0 Å². The maximum Gasteiger partial charge on any atom is 0.180 e. The molecule has 2 heteroatoms. The van der Waals surface area contributed by atoms with Gasteiger partial charge in [0.2, 0.25) is 0 Å². The highest BCUT2D eigenvalue weighted by atomic mass is 16.3. The Kier molecular flexibility index (Phi) is 2.63. The zero-order valence-corrected chi connectivity index (χ0v) is 8.18. The number of hydrogen-bond donors (Lipinski definition) is 0. The van der Waals surface area contributed by atoms with Crippen LogP contribution in [0.25, 0.3) is 0 Å². The second-order valence-corrected chi connectivity index (χ2v) is 3.28. The maximum absolute atomic E-state index is 5.33. The van der Waals surface area contributed by atoms with Crippen LogP contribution in [0.5, 0.6) is 0 Å². The summed E-state index contributed by atoms with van der Waals surface area (Å²) in [7, 11) is 0. The summed E-state index contributed by atoms with van der Waals surface area (Å²) in [6.07, 6.45) is 4.31. The molecular formula is C12H13NO. The molecule has 2 nitrogen and oxygen atoms in total. The van der Waals surface area contributed by atoms with Gasteiger partial charge in [-0.25, -0.2) is 4.98 Å². The molecule has 0 aliphatic heterocycles. The van der Waals surface area contributed by atoms with Crippen LogP contribution in [-0.4, -0.2) is 4.98 Å². The molecule has 1 aromatic carbocycles. The lowest BCUT2D eigenvalue weighted by atomic mass is 9.95. The number of nitrogens with zero attached hydrogens (tertiary/aromatic N) is 1. The van der Waals surface area contributed by atoms with E-state index in [1.165, 1.54) is 12.0 Å². The second kappa shape index (κ2) is 4.09. The second-order valence-electron chi connectivity index (χ2n) is 3.28. The Bertz CT molecular complexity index is 366. The first kappa shape index (κ1) is 9.00. The summed E-state index contributed by atoms with van der Waals surface area (Å²) in [5, 5.41) is 0. The Morgan fingerprint density at radius 1 is 1.29 bits per heavy atom. The topological polar surface area (TPSA) is 26.0 Å². The third-order valence-corrected chi connectivity index (χ3v) is 2.41. The molecule has 1 heterocycles. The van der Waals surface area contributed by atoms with E-state index >= 15 is 0 Å². The van der Waals surface area contributed by atoms with Gasteiger partial charge in [-0.1, -0.05) is 37.3 Å². The van der Waals surface area contributed by atoms with Crippen molar-refractivity contribution in [1.29, 1.82) is 0 Å². The zero-order valence-electron chi connectivity index (χ0n) is 8.18. The van der Waals surface area contributed by atoms with Crippen molar-refractivity contribution in [3.63, 3.8) is 0 Å². The number of aromatic nitrogens is 1. The molecule has 0 N–H and O–H groups in total. The summed E-state index contributed by atoms with van der Waals surface area (Å²) >= 11 is 0. The summed E-state index contributed by atoms with van der Waals surface area (Å²) in [5.74, 6) is 1.28. The fourth-order valence-electron chi connectivity index (χ4n) is 1.68. The molecule has 0 aliphatic rings. The molecule has 0 bridgehead atoms. The lowest BCUT2D eigenvalue weighted by Gasteiger charge is -2.11. The average Bonchev–Trinajstić information content (AvgIpc) is 2.74. The van der Waals surface area contributed by atoms with Gasteiger partial charge in [0.05, 0.1) is 6.20 Å². The Morgan fingerprint density at radius 3 is 2.64 bits per heavy atom. The normalized spacial score (nSPS) is 12.6. The standard InChI is InChI=1S/C12H13NO/c1-2-11(12-8-13-9-14-12)10-6-4-3-5-7-10/h3-9,11H,2H2,1H3. The van der Waals surface area contributed by atoms with Crippen molar-refractivity contribution in [2.24, 2.45) is 0 Å². The SMILES string of the molecule is CCC(c1ccccc1)c1cnco1. The van der Waals surface area contributed by atoms with Crippen LogP contribution >= 0.6 is 0 Å². The van der Waals surface area contributed by atoms with Gasteiger partial charge in [-0.15, -0.1) is 0 Å². The molecular weight excluding hydrogens is 174 g/mol. The van der Waals surface area contributed by atoms with E-state index in [1.54, 1.807) is 6.20 Å². The van der Waals surface area contributed by atoms with Crippen LogP contribution in [0.4, 0.5) is 0 Å². The van der Waals surface area contributed by atoms with Crippen LogP contribution in [0, 0.1) is 0 Å². The average molecular weight is 187 g/mol. The minimum Gasteiger partial charge on any atom is -0.448 e. The molecule has 0 aliphatic carbocycles. The van der Waals surface area contributed by atoms with Crippen molar-refractivity contribution in [2.75, 3.05) is 0 Å². The molecule has 0 spiro atoms. The van der Waals surface area contributed by atoms with Crippen molar-refractivity contribution >= 4 is 0 Å². The van der Waals surface area contributed by atoms with E-state index in [4.69, 9.17) is 4.42 Å². The van der Waals surface area contributed by atoms with Crippen molar-refractivity contribution in [3.8, 4) is 0 Å². The molecule has 2 rings (SSSR count). The molecule has 0 radical (unpaired) electrons. The summed E-state index contributed by atoms with van der Waals surface area (Å²) in [6, 6.07) is 10.4. The Balaban J connectivity index is 2.31. The fraction of sp³-hybridized carbons (Fsp3) is 0.250. The maximum atomic E-state index is 5.33. The zero-order chi connectivity index (χ0) is 9.80. The largest absolute Gasteiger partial charge is 0.448 e. The Hall–Kier alpha value is -1.57. The van der Waals surface area contributed by atoms with Crippen LogP contribution in [0.3, 0.4) is 0 Å². The van der Waals surface area contributed by atoms with Crippen LogP contribution in [0.1, 0.15) is 30.6 Å². The molecule has 1 unspecified atom stereocenters. The van der Waals surface area contributed by atoms with Crippen LogP contribution < -0.4 is 0 Å². The highest BCUT2D eigenvalue weighted by Gasteiger charge is 2.14. The predicted octanol–water partition coefficient (Wildman–Crippen LogP) is 3.22. The number of oxazole rings is 1. The van der Waals surface area contributed by atoms with Gasteiger partial charge in [-0.2, -0.15) is 0 Å². The third-order valence-electron chi connectivity index (χ3n) is 2.41. The van der Waals surface area contributed by atoms with E-state index in [1.807, 2.05) is 18.2 Å².